The lowest BCUT2D eigenvalue weighted by Crippen LogP contribution is -2.36. The van der Waals surface area contributed by atoms with Gasteiger partial charge in [-0.05, 0) is 29.8 Å². The molecule has 0 spiro atoms. The van der Waals surface area contributed by atoms with E-state index in [1.807, 2.05) is 72.8 Å². The van der Waals surface area contributed by atoms with Crippen molar-refractivity contribution in [2.75, 3.05) is 11.5 Å². The van der Waals surface area contributed by atoms with Crippen molar-refractivity contribution < 1.29 is 14.3 Å². The molecule has 0 bridgehead atoms. The predicted molar refractivity (Wildman–Crippen MR) is 145 cm³/mol. The maximum absolute atomic E-state index is 13.0. The molecule has 4 aromatic rings. The lowest BCUT2D eigenvalue weighted by molar-refractivity contribution is -0.118. The van der Waals surface area contributed by atoms with E-state index in [1.54, 1.807) is 11.0 Å². The van der Waals surface area contributed by atoms with Gasteiger partial charge in [-0.2, -0.15) is 4.98 Å². The molecule has 1 aliphatic heterocycles. The van der Waals surface area contributed by atoms with Crippen LogP contribution in [0.25, 0.3) is 11.3 Å². The van der Waals surface area contributed by atoms with Crippen LogP contribution in [0, 0.1) is 0 Å². The zero-order chi connectivity index (χ0) is 25.8. The van der Waals surface area contributed by atoms with Crippen LogP contribution in [0.15, 0.2) is 90.6 Å². The van der Waals surface area contributed by atoms with Gasteiger partial charge < -0.3 is 9.47 Å². The van der Waals surface area contributed by atoms with E-state index < -0.39 is 6.23 Å². The second-order valence-electron chi connectivity index (χ2n) is 8.18. The van der Waals surface area contributed by atoms with Gasteiger partial charge in [-0.3, -0.25) is 9.69 Å². The molecule has 1 unspecified atom stereocenters. The largest absolute Gasteiger partial charge is 0.490 e. The number of fused-ring (bicyclic) bond motifs is 3. The van der Waals surface area contributed by atoms with Gasteiger partial charge in [0.1, 0.15) is 12.4 Å². The van der Waals surface area contributed by atoms with Crippen molar-refractivity contribution in [1.29, 1.82) is 0 Å². The van der Waals surface area contributed by atoms with E-state index in [4.69, 9.17) is 26.1 Å². The molecule has 1 atom stereocenters. The first kappa shape index (κ1) is 24.8. The van der Waals surface area contributed by atoms with Crippen molar-refractivity contribution in [2.45, 2.75) is 24.1 Å². The van der Waals surface area contributed by atoms with E-state index in [9.17, 15) is 4.79 Å². The third-order valence-electron chi connectivity index (χ3n) is 5.68. The summed E-state index contributed by atoms with van der Waals surface area (Å²) in [5, 5.41) is 9.93. The van der Waals surface area contributed by atoms with Crippen LogP contribution in [0.5, 0.6) is 11.6 Å². The molecule has 1 amide bonds. The Labute approximate surface area is 224 Å². The third kappa shape index (κ3) is 5.30. The summed E-state index contributed by atoms with van der Waals surface area (Å²) in [6, 6.07) is 22.6. The van der Waals surface area contributed by atoms with Crippen LogP contribution in [0.1, 0.15) is 24.3 Å². The smallest absolute Gasteiger partial charge is 0.247 e. The fourth-order valence-corrected chi connectivity index (χ4v) is 5.07. The average molecular weight is 531 g/mol. The van der Waals surface area contributed by atoms with E-state index in [0.717, 1.165) is 11.1 Å². The Hall–Kier alpha value is -3.88. The highest BCUT2D eigenvalue weighted by Crippen LogP contribution is 2.43. The SMILES string of the molecule is C=CCOc1cccc(C2Oc3nc(SCc4ccccc4Cl)nnc3-c3ccccc3N2C(C)=O)c1. The van der Waals surface area contributed by atoms with Crippen molar-refractivity contribution in [3.8, 4) is 22.9 Å². The number of ether oxygens (including phenoxy) is 2. The normalized spacial score (nSPS) is 14.1. The number of hydrogen-bond donors (Lipinski definition) is 0. The van der Waals surface area contributed by atoms with Gasteiger partial charge in [0.25, 0.3) is 0 Å². The number of carbonyl (C=O) groups is 1. The van der Waals surface area contributed by atoms with Gasteiger partial charge in [0.15, 0.2) is 5.69 Å². The van der Waals surface area contributed by atoms with E-state index in [0.29, 0.717) is 45.2 Å². The topological polar surface area (TPSA) is 77.4 Å². The first-order chi connectivity index (χ1) is 18.0. The Morgan fingerprint density at radius 3 is 2.76 bits per heavy atom. The number of hydrogen-bond acceptors (Lipinski definition) is 7. The standard InChI is InChI=1S/C28H23ClN4O3S/c1-3-15-35-21-11-8-10-19(16-21)27-33(18(2)34)24-14-7-5-12-22(24)25-26(36-27)30-28(32-31-25)37-17-20-9-4-6-13-23(20)29/h3-14,16,27H,1,15,17H2,2H3. The van der Waals surface area contributed by atoms with Crippen LogP contribution in [0.4, 0.5) is 5.69 Å². The van der Waals surface area contributed by atoms with Crippen LogP contribution in [0.3, 0.4) is 0 Å². The van der Waals surface area contributed by atoms with Gasteiger partial charge in [0.2, 0.25) is 23.2 Å². The summed E-state index contributed by atoms with van der Waals surface area (Å²) in [5.74, 6) is 1.31. The van der Waals surface area contributed by atoms with Crippen LogP contribution in [-0.4, -0.2) is 27.7 Å². The Morgan fingerprint density at radius 2 is 1.95 bits per heavy atom. The number of rotatable bonds is 7. The van der Waals surface area contributed by atoms with E-state index >= 15 is 0 Å². The Balaban J connectivity index is 1.56. The van der Waals surface area contributed by atoms with Crippen molar-refractivity contribution in [3.63, 3.8) is 0 Å². The van der Waals surface area contributed by atoms with Gasteiger partial charge >= 0.3 is 0 Å². The summed E-state index contributed by atoms with van der Waals surface area (Å²) in [6.07, 6.45) is 0.874. The molecule has 0 aliphatic carbocycles. The van der Waals surface area contributed by atoms with Gasteiger partial charge in [0, 0.05) is 28.8 Å². The molecule has 1 aliphatic rings. The predicted octanol–water partition coefficient (Wildman–Crippen LogP) is 6.49. The molecule has 0 saturated carbocycles. The molecule has 3 aromatic carbocycles. The molecule has 2 heterocycles. The first-order valence-electron chi connectivity index (χ1n) is 11.6. The highest BCUT2D eigenvalue weighted by Gasteiger charge is 2.34. The first-order valence-corrected chi connectivity index (χ1v) is 12.9. The summed E-state index contributed by atoms with van der Waals surface area (Å²) in [6.45, 7) is 5.57. The number of carbonyl (C=O) groups excluding carboxylic acids is 1. The third-order valence-corrected chi connectivity index (χ3v) is 6.93. The quantitative estimate of drug-likeness (QED) is 0.199. The molecular formula is C28H23ClN4O3S. The van der Waals surface area contributed by atoms with Crippen molar-refractivity contribution in [2.24, 2.45) is 0 Å². The van der Waals surface area contributed by atoms with Gasteiger partial charge in [-0.15, -0.1) is 10.2 Å². The molecule has 0 radical (unpaired) electrons. The summed E-state index contributed by atoms with van der Waals surface area (Å²) >= 11 is 7.72. The molecule has 0 fully saturated rings. The zero-order valence-electron chi connectivity index (χ0n) is 20.0. The number of anilines is 1. The monoisotopic (exact) mass is 530 g/mol. The highest BCUT2D eigenvalue weighted by atomic mass is 35.5. The average Bonchev–Trinajstić information content (AvgIpc) is 3.06. The van der Waals surface area contributed by atoms with Crippen molar-refractivity contribution in [3.05, 3.63) is 102 Å². The Kier molecular flexibility index (Phi) is 7.39. The summed E-state index contributed by atoms with van der Waals surface area (Å²) in [5.41, 5.74) is 3.52. The number of halogens is 1. The van der Waals surface area contributed by atoms with Gasteiger partial charge in [-0.25, -0.2) is 0 Å². The van der Waals surface area contributed by atoms with Crippen LogP contribution in [-0.2, 0) is 10.5 Å². The lowest BCUT2D eigenvalue weighted by atomic mass is 10.1. The Bertz CT molecular complexity index is 1470. The minimum absolute atomic E-state index is 0.191. The van der Waals surface area contributed by atoms with E-state index in [-0.39, 0.29) is 11.8 Å². The zero-order valence-corrected chi connectivity index (χ0v) is 21.6. The molecule has 7 nitrogen and oxygen atoms in total. The number of aromatic nitrogens is 3. The molecule has 186 valence electrons. The minimum Gasteiger partial charge on any atom is -0.490 e. The number of benzene rings is 3. The second-order valence-corrected chi connectivity index (χ2v) is 9.53. The molecular weight excluding hydrogens is 508 g/mol. The summed E-state index contributed by atoms with van der Waals surface area (Å²) in [7, 11) is 0. The van der Waals surface area contributed by atoms with Crippen molar-refractivity contribution in [1.82, 2.24) is 15.2 Å². The molecule has 0 N–H and O–H groups in total. The highest BCUT2D eigenvalue weighted by molar-refractivity contribution is 7.98. The van der Waals surface area contributed by atoms with E-state index in [1.165, 1.54) is 18.7 Å². The molecule has 9 heteroatoms. The van der Waals surface area contributed by atoms with Crippen LogP contribution < -0.4 is 14.4 Å². The van der Waals surface area contributed by atoms with E-state index in [2.05, 4.69) is 16.8 Å². The van der Waals surface area contributed by atoms with Crippen molar-refractivity contribution >= 4 is 35.0 Å². The molecule has 1 aromatic heterocycles. The maximum atomic E-state index is 13.0. The Morgan fingerprint density at radius 1 is 1.14 bits per heavy atom. The van der Waals surface area contributed by atoms with Gasteiger partial charge in [0.05, 0.1) is 5.69 Å². The maximum Gasteiger partial charge on any atom is 0.247 e. The number of thioether (sulfide) groups is 1. The van der Waals surface area contributed by atoms with Crippen LogP contribution >= 0.6 is 23.4 Å². The molecule has 37 heavy (non-hydrogen) atoms. The van der Waals surface area contributed by atoms with Gasteiger partial charge in [-0.1, -0.05) is 84.5 Å². The molecule has 5 rings (SSSR count). The summed E-state index contributed by atoms with van der Waals surface area (Å²) < 4.78 is 12.2. The second kappa shape index (κ2) is 11.0. The number of nitrogens with zero attached hydrogens (tertiary/aromatic N) is 4. The summed E-state index contributed by atoms with van der Waals surface area (Å²) in [4.78, 5) is 19.3. The number of para-hydroxylation sites is 1. The molecule has 0 saturated heterocycles. The number of amides is 1. The fourth-order valence-electron chi connectivity index (χ4n) is 4.00. The fraction of sp³-hybridized carbons (Fsp3) is 0.143. The lowest BCUT2D eigenvalue weighted by Gasteiger charge is -2.30. The minimum atomic E-state index is -0.801. The van der Waals surface area contributed by atoms with Crippen LogP contribution in [0.2, 0.25) is 5.02 Å².